The van der Waals surface area contributed by atoms with Crippen LogP contribution in [0, 0.1) is 5.92 Å². The molecule has 4 rings (SSSR count). The molecule has 1 aromatic carbocycles. The summed E-state index contributed by atoms with van der Waals surface area (Å²) in [5.74, 6) is 1.22. The number of ether oxygens (including phenoxy) is 1. The average molecular weight is 328 g/mol. The zero-order valence-electron chi connectivity index (χ0n) is 13.5. The molecule has 1 saturated carbocycles. The molecular weight excluding hydrogens is 308 g/mol. The molecule has 0 bridgehead atoms. The number of nitrogens with one attached hydrogen (secondary N) is 2. The van der Waals surface area contributed by atoms with E-state index in [0.29, 0.717) is 31.4 Å². The lowest BCUT2D eigenvalue weighted by Gasteiger charge is -2.15. The molecule has 2 heterocycles. The molecule has 126 valence electrons. The SMILES string of the molecule is COc1ccc2nc(CNC(=O)C3CC(=O)N(C4CC4)C3)[nH]c2c1. The number of fused-ring (bicyclic) bond motifs is 1. The number of rotatable bonds is 5. The third kappa shape index (κ3) is 2.81. The van der Waals surface area contributed by atoms with Crippen molar-refractivity contribution in [1.29, 1.82) is 0 Å². The molecule has 1 aliphatic carbocycles. The van der Waals surface area contributed by atoms with Gasteiger partial charge in [-0.3, -0.25) is 9.59 Å². The molecule has 7 nitrogen and oxygen atoms in total. The molecule has 2 amide bonds. The Labute approximate surface area is 139 Å². The van der Waals surface area contributed by atoms with E-state index in [9.17, 15) is 9.59 Å². The van der Waals surface area contributed by atoms with Crippen LogP contribution in [0.1, 0.15) is 25.1 Å². The number of hydrogen-bond donors (Lipinski definition) is 2. The van der Waals surface area contributed by atoms with Gasteiger partial charge in [0.05, 0.1) is 30.6 Å². The number of likely N-dealkylation sites (tertiary alicyclic amines) is 1. The minimum absolute atomic E-state index is 0.0791. The Morgan fingerprint density at radius 3 is 3.04 bits per heavy atom. The first-order valence-electron chi connectivity index (χ1n) is 8.24. The fraction of sp³-hybridized carbons (Fsp3) is 0.471. The molecule has 7 heteroatoms. The van der Waals surface area contributed by atoms with Gasteiger partial charge in [0, 0.05) is 25.1 Å². The lowest BCUT2D eigenvalue weighted by Crippen LogP contribution is -2.33. The number of carbonyl (C=O) groups is 2. The van der Waals surface area contributed by atoms with Crippen molar-refractivity contribution in [3.8, 4) is 5.75 Å². The maximum absolute atomic E-state index is 12.3. The molecule has 2 aliphatic rings. The van der Waals surface area contributed by atoms with E-state index >= 15 is 0 Å². The van der Waals surface area contributed by atoms with Crippen molar-refractivity contribution < 1.29 is 14.3 Å². The maximum Gasteiger partial charge on any atom is 0.225 e. The van der Waals surface area contributed by atoms with Crippen LogP contribution in [0.2, 0.25) is 0 Å². The van der Waals surface area contributed by atoms with Crippen LogP contribution in [-0.2, 0) is 16.1 Å². The van der Waals surface area contributed by atoms with E-state index in [4.69, 9.17) is 4.74 Å². The normalized spacial score (nSPS) is 20.6. The molecule has 24 heavy (non-hydrogen) atoms. The van der Waals surface area contributed by atoms with Gasteiger partial charge >= 0.3 is 0 Å². The van der Waals surface area contributed by atoms with Crippen LogP contribution in [0.4, 0.5) is 0 Å². The fourth-order valence-electron chi connectivity index (χ4n) is 3.21. The van der Waals surface area contributed by atoms with E-state index < -0.39 is 0 Å². The second kappa shape index (κ2) is 5.81. The van der Waals surface area contributed by atoms with E-state index in [-0.39, 0.29) is 17.7 Å². The van der Waals surface area contributed by atoms with Gasteiger partial charge < -0.3 is 19.9 Å². The van der Waals surface area contributed by atoms with Gasteiger partial charge in [0.2, 0.25) is 11.8 Å². The number of nitrogens with zero attached hydrogens (tertiary/aromatic N) is 2. The fourth-order valence-corrected chi connectivity index (χ4v) is 3.21. The van der Waals surface area contributed by atoms with Crippen molar-refractivity contribution in [1.82, 2.24) is 20.2 Å². The molecule has 1 aromatic heterocycles. The molecule has 1 unspecified atom stereocenters. The van der Waals surface area contributed by atoms with Gasteiger partial charge in [-0.2, -0.15) is 0 Å². The van der Waals surface area contributed by atoms with Crippen LogP contribution in [-0.4, -0.2) is 46.4 Å². The minimum Gasteiger partial charge on any atom is -0.497 e. The smallest absolute Gasteiger partial charge is 0.225 e. The summed E-state index contributed by atoms with van der Waals surface area (Å²) in [5.41, 5.74) is 1.70. The number of hydrogen-bond acceptors (Lipinski definition) is 4. The van der Waals surface area contributed by atoms with Gasteiger partial charge in [0.15, 0.2) is 0 Å². The monoisotopic (exact) mass is 328 g/mol. The molecule has 0 radical (unpaired) electrons. The van der Waals surface area contributed by atoms with Crippen LogP contribution in [0.3, 0.4) is 0 Å². The van der Waals surface area contributed by atoms with Crippen molar-refractivity contribution in [2.24, 2.45) is 5.92 Å². The van der Waals surface area contributed by atoms with Gasteiger partial charge in [0.1, 0.15) is 11.6 Å². The van der Waals surface area contributed by atoms with Crippen LogP contribution < -0.4 is 10.1 Å². The number of aromatic nitrogens is 2. The quantitative estimate of drug-likeness (QED) is 0.863. The predicted molar refractivity (Wildman–Crippen MR) is 87.3 cm³/mol. The Bertz CT molecular complexity index is 796. The summed E-state index contributed by atoms with van der Waals surface area (Å²) in [6, 6.07) is 5.97. The van der Waals surface area contributed by atoms with Gasteiger partial charge in [0.25, 0.3) is 0 Å². The number of methoxy groups -OCH3 is 1. The van der Waals surface area contributed by atoms with Crippen LogP contribution >= 0.6 is 0 Å². The lowest BCUT2D eigenvalue weighted by atomic mass is 10.1. The van der Waals surface area contributed by atoms with Gasteiger partial charge in [-0.05, 0) is 25.0 Å². The third-order valence-corrected chi connectivity index (χ3v) is 4.69. The average Bonchev–Trinajstić information content (AvgIpc) is 3.23. The second-order valence-electron chi connectivity index (χ2n) is 6.46. The molecule has 1 saturated heterocycles. The van der Waals surface area contributed by atoms with E-state index in [2.05, 4.69) is 15.3 Å². The largest absolute Gasteiger partial charge is 0.497 e. The van der Waals surface area contributed by atoms with E-state index in [0.717, 1.165) is 29.6 Å². The number of carbonyl (C=O) groups excluding carboxylic acids is 2. The number of aromatic amines is 1. The zero-order chi connectivity index (χ0) is 16.7. The van der Waals surface area contributed by atoms with Crippen LogP contribution in [0.25, 0.3) is 11.0 Å². The standard InChI is InChI=1S/C17H20N4O3/c1-24-12-4-5-13-14(7-12)20-15(19-13)8-18-17(23)10-6-16(22)21(9-10)11-2-3-11/h4-5,7,10-11H,2-3,6,8-9H2,1H3,(H,18,23)(H,19,20). The summed E-state index contributed by atoms with van der Waals surface area (Å²) in [4.78, 5) is 33.7. The molecule has 2 aromatic rings. The molecule has 1 aliphatic heterocycles. The van der Waals surface area contributed by atoms with E-state index in [1.165, 1.54) is 0 Å². The summed E-state index contributed by atoms with van der Waals surface area (Å²) in [5, 5.41) is 2.89. The van der Waals surface area contributed by atoms with Gasteiger partial charge in [-0.15, -0.1) is 0 Å². The Morgan fingerprint density at radius 2 is 2.29 bits per heavy atom. The van der Waals surface area contributed by atoms with E-state index in [1.807, 2.05) is 23.1 Å². The number of amides is 2. The highest BCUT2D eigenvalue weighted by molar-refractivity contribution is 5.89. The summed E-state index contributed by atoms with van der Waals surface area (Å²) >= 11 is 0. The summed E-state index contributed by atoms with van der Waals surface area (Å²) in [6.45, 7) is 0.872. The first-order chi connectivity index (χ1) is 11.6. The highest BCUT2D eigenvalue weighted by Gasteiger charge is 2.41. The first kappa shape index (κ1) is 15.0. The molecular formula is C17H20N4O3. The summed E-state index contributed by atoms with van der Waals surface area (Å²) < 4.78 is 5.19. The van der Waals surface area contributed by atoms with Crippen molar-refractivity contribution in [3.05, 3.63) is 24.0 Å². The highest BCUT2D eigenvalue weighted by atomic mass is 16.5. The molecule has 1 atom stereocenters. The topological polar surface area (TPSA) is 87.3 Å². The Kier molecular flexibility index (Phi) is 3.63. The Hall–Kier alpha value is -2.57. The molecule has 0 spiro atoms. The third-order valence-electron chi connectivity index (χ3n) is 4.69. The van der Waals surface area contributed by atoms with Crippen molar-refractivity contribution in [3.63, 3.8) is 0 Å². The van der Waals surface area contributed by atoms with E-state index in [1.54, 1.807) is 7.11 Å². The number of H-pyrrole nitrogens is 1. The summed E-state index contributed by atoms with van der Waals surface area (Å²) in [6.07, 6.45) is 2.46. The second-order valence-corrected chi connectivity index (χ2v) is 6.46. The van der Waals surface area contributed by atoms with Gasteiger partial charge in [-0.1, -0.05) is 0 Å². The minimum atomic E-state index is -0.248. The lowest BCUT2D eigenvalue weighted by molar-refractivity contribution is -0.129. The highest BCUT2D eigenvalue weighted by Crippen LogP contribution is 2.32. The van der Waals surface area contributed by atoms with Crippen molar-refractivity contribution in [2.75, 3.05) is 13.7 Å². The molecule has 2 fully saturated rings. The molecule has 2 N–H and O–H groups in total. The number of benzene rings is 1. The Balaban J connectivity index is 1.37. The van der Waals surface area contributed by atoms with Gasteiger partial charge in [-0.25, -0.2) is 4.98 Å². The van der Waals surface area contributed by atoms with Crippen molar-refractivity contribution in [2.45, 2.75) is 31.8 Å². The maximum atomic E-state index is 12.3. The summed E-state index contributed by atoms with van der Waals surface area (Å²) in [7, 11) is 1.62. The zero-order valence-corrected chi connectivity index (χ0v) is 13.5. The van der Waals surface area contributed by atoms with Crippen molar-refractivity contribution >= 4 is 22.8 Å². The first-order valence-corrected chi connectivity index (χ1v) is 8.24. The van der Waals surface area contributed by atoms with Crippen LogP contribution in [0.5, 0.6) is 5.75 Å². The Morgan fingerprint density at radius 1 is 1.46 bits per heavy atom. The predicted octanol–water partition coefficient (Wildman–Crippen LogP) is 1.20. The number of imidazole rings is 1. The van der Waals surface area contributed by atoms with Crippen LogP contribution in [0.15, 0.2) is 18.2 Å².